The maximum Gasteiger partial charge on any atom is 0.311 e. The fraction of sp³-hybridized carbons (Fsp3) is 0.235. The Morgan fingerprint density at radius 1 is 1.05 bits per heavy atom. The largest absolute Gasteiger partial charge is 0.496 e. The van der Waals surface area contributed by atoms with E-state index in [0.29, 0.717) is 18.6 Å². The molecule has 0 fully saturated rings. The molecule has 0 saturated heterocycles. The van der Waals surface area contributed by atoms with Crippen molar-refractivity contribution in [1.82, 2.24) is 0 Å². The minimum absolute atomic E-state index is 0.236. The quantitative estimate of drug-likeness (QED) is 0.615. The first-order valence-electron chi connectivity index (χ1n) is 6.58. The molecule has 0 radical (unpaired) electrons. The van der Waals surface area contributed by atoms with Crippen molar-refractivity contribution in [1.29, 1.82) is 0 Å². The third-order valence-corrected chi connectivity index (χ3v) is 3.04. The molecule has 0 saturated carbocycles. The van der Waals surface area contributed by atoms with Gasteiger partial charge in [0.05, 0.1) is 13.5 Å². The van der Waals surface area contributed by atoms with Crippen LogP contribution in [0.5, 0.6) is 11.5 Å². The third kappa shape index (κ3) is 3.85. The summed E-state index contributed by atoms with van der Waals surface area (Å²) < 4.78 is 10.5. The summed E-state index contributed by atoms with van der Waals surface area (Å²) in [5, 5.41) is 0. The van der Waals surface area contributed by atoms with E-state index in [4.69, 9.17) is 9.47 Å². The minimum Gasteiger partial charge on any atom is -0.496 e. The predicted octanol–water partition coefficient (Wildman–Crippen LogP) is 3.54. The van der Waals surface area contributed by atoms with Crippen LogP contribution in [-0.4, -0.2) is 13.1 Å². The van der Waals surface area contributed by atoms with Crippen LogP contribution in [0.2, 0.25) is 0 Å². The van der Waals surface area contributed by atoms with E-state index in [2.05, 4.69) is 0 Å². The molecule has 0 bridgehead atoms. The first kappa shape index (κ1) is 14.1. The number of ether oxygens (including phenoxy) is 2. The molecule has 0 atom stereocenters. The zero-order chi connectivity index (χ0) is 14.4. The molecule has 104 valence electrons. The number of carbonyl (C=O) groups is 1. The van der Waals surface area contributed by atoms with Crippen LogP contribution in [-0.2, 0) is 11.2 Å². The molecule has 3 heteroatoms. The number of esters is 1. The average Bonchev–Trinajstić information content (AvgIpc) is 2.48. The third-order valence-electron chi connectivity index (χ3n) is 3.04. The Morgan fingerprint density at radius 3 is 2.45 bits per heavy atom. The van der Waals surface area contributed by atoms with Crippen molar-refractivity contribution >= 4 is 5.97 Å². The van der Waals surface area contributed by atoms with Gasteiger partial charge >= 0.3 is 5.97 Å². The molecule has 0 amide bonds. The number of benzene rings is 2. The van der Waals surface area contributed by atoms with Gasteiger partial charge in [0.15, 0.2) is 0 Å². The van der Waals surface area contributed by atoms with E-state index in [1.54, 1.807) is 19.2 Å². The predicted molar refractivity (Wildman–Crippen MR) is 78.1 cm³/mol. The van der Waals surface area contributed by atoms with Gasteiger partial charge < -0.3 is 9.47 Å². The molecule has 0 heterocycles. The maximum absolute atomic E-state index is 11.8. The van der Waals surface area contributed by atoms with Gasteiger partial charge in [-0.3, -0.25) is 4.79 Å². The van der Waals surface area contributed by atoms with Gasteiger partial charge in [0.1, 0.15) is 11.5 Å². The molecule has 2 aromatic rings. The standard InChI is InChI=1S/C17H18O3/c1-13-7-10-15(11-8-13)20-17(18)12-9-14-5-3-4-6-16(14)19-2/h3-8,10-11H,9,12H2,1-2H3. The number of methoxy groups -OCH3 is 1. The van der Waals surface area contributed by atoms with E-state index in [1.165, 1.54) is 0 Å². The van der Waals surface area contributed by atoms with Crippen molar-refractivity contribution < 1.29 is 14.3 Å². The van der Waals surface area contributed by atoms with Gasteiger partial charge in [-0.05, 0) is 37.1 Å². The van der Waals surface area contributed by atoms with Crippen molar-refractivity contribution in [2.75, 3.05) is 7.11 Å². The second-order valence-electron chi connectivity index (χ2n) is 4.60. The molecule has 0 unspecified atom stereocenters. The Bertz CT molecular complexity index is 573. The van der Waals surface area contributed by atoms with Crippen molar-refractivity contribution in [2.45, 2.75) is 19.8 Å². The first-order chi connectivity index (χ1) is 9.69. The zero-order valence-corrected chi connectivity index (χ0v) is 11.8. The molecule has 0 spiro atoms. The Labute approximate surface area is 119 Å². The van der Waals surface area contributed by atoms with Crippen LogP contribution in [0.25, 0.3) is 0 Å². The van der Waals surface area contributed by atoms with Crippen molar-refractivity contribution in [3.63, 3.8) is 0 Å². The van der Waals surface area contributed by atoms with Crippen molar-refractivity contribution in [2.24, 2.45) is 0 Å². The van der Waals surface area contributed by atoms with Gasteiger partial charge in [-0.25, -0.2) is 0 Å². The Kier molecular flexibility index (Phi) is 4.77. The summed E-state index contributed by atoms with van der Waals surface area (Å²) in [5.74, 6) is 1.15. The lowest BCUT2D eigenvalue weighted by atomic mass is 10.1. The molecule has 2 aromatic carbocycles. The molecule has 0 aliphatic carbocycles. The van der Waals surface area contributed by atoms with Crippen LogP contribution in [0.1, 0.15) is 17.5 Å². The fourth-order valence-corrected chi connectivity index (χ4v) is 1.94. The highest BCUT2D eigenvalue weighted by atomic mass is 16.5. The van der Waals surface area contributed by atoms with E-state index >= 15 is 0 Å². The minimum atomic E-state index is -0.236. The van der Waals surface area contributed by atoms with E-state index in [9.17, 15) is 4.79 Å². The lowest BCUT2D eigenvalue weighted by molar-refractivity contribution is -0.134. The number of hydrogen-bond acceptors (Lipinski definition) is 3. The van der Waals surface area contributed by atoms with Gasteiger partial charge in [-0.2, -0.15) is 0 Å². The molecule has 0 aliphatic heterocycles. The molecular weight excluding hydrogens is 252 g/mol. The van der Waals surface area contributed by atoms with Crippen LogP contribution in [0.3, 0.4) is 0 Å². The summed E-state index contributed by atoms with van der Waals surface area (Å²) in [6.45, 7) is 1.99. The fourth-order valence-electron chi connectivity index (χ4n) is 1.94. The van der Waals surface area contributed by atoms with Crippen LogP contribution in [0, 0.1) is 6.92 Å². The van der Waals surface area contributed by atoms with Crippen LogP contribution >= 0.6 is 0 Å². The summed E-state index contributed by atoms with van der Waals surface area (Å²) >= 11 is 0. The van der Waals surface area contributed by atoms with Gasteiger partial charge in [0.25, 0.3) is 0 Å². The highest BCUT2D eigenvalue weighted by Crippen LogP contribution is 2.19. The lowest BCUT2D eigenvalue weighted by Crippen LogP contribution is -2.09. The second-order valence-corrected chi connectivity index (χ2v) is 4.60. The molecule has 0 aromatic heterocycles. The number of aryl methyl sites for hydroxylation is 2. The van der Waals surface area contributed by atoms with Gasteiger partial charge in [-0.15, -0.1) is 0 Å². The first-order valence-corrected chi connectivity index (χ1v) is 6.58. The molecular formula is C17H18O3. The van der Waals surface area contributed by atoms with Crippen LogP contribution < -0.4 is 9.47 Å². The van der Waals surface area contributed by atoms with Gasteiger partial charge in [-0.1, -0.05) is 35.9 Å². The highest BCUT2D eigenvalue weighted by Gasteiger charge is 2.08. The molecule has 20 heavy (non-hydrogen) atoms. The summed E-state index contributed by atoms with van der Waals surface area (Å²) in [6.07, 6.45) is 0.933. The SMILES string of the molecule is COc1ccccc1CCC(=O)Oc1ccc(C)cc1. The summed E-state index contributed by atoms with van der Waals surface area (Å²) in [4.78, 5) is 11.8. The van der Waals surface area contributed by atoms with Crippen LogP contribution in [0.15, 0.2) is 48.5 Å². The van der Waals surface area contributed by atoms with Crippen molar-refractivity contribution in [3.05, 3.63) is 59.7 Å². The maximum atomic E-state index is 11.8. The topological polar surface area (TPSA) is 35.5 Å². The van der Waals surface area contributed by atoms with Crippen molar-refractivity contribution in [3.8, 4) is 11.5 Å². The zero-order valence-electron chi connectivity index (χ0n) is 11.8. The van der Waals surface area contributed by atoms with E-state index < -0.39 is 0 Å². The highest BCUT2D eigenvalue weighted by molar-refractivity contribution is 5.72. The Balaban J connectivity index is 1.90. The van der Waals surface area contributed by atoms with Gasteiger partial charge in [0, 0.05) is 0 Å². The number of para-hydroxylation sites is 1. The molecule has 0 N–H and O–H groups in total. The average molecular weight is 270 g/mol. The normalized spacial score (nSPS) is 10.1. The smallest absolute Gasteiger partial charge is 0.311 e. The lowest BCUT2D eigenvalue weighted by Gasteiger charge is -2.08. The Morgan fingerprint density at radius 2 is 1.75 bits per heavy atom. The van der Waals surface area contributed by atoms with E-state index in [1.807, 2.05) is 43.3 Å². The summed E-state index contributed by atoms with van der Waals surface area (Å²) in [6, 6.07) is 15.1. The number of carbonyl (C=O) groups excluding carboxylic acids is 1. The number of rotatable bonds is 5. The molecule has 0 aliphatic rings. The summed E-state index contributed by atoms with van der Waals surface area (Å²) in [7, 11) is 1.63. The molecule has 3 nitrogen and oxygen atoms in total. The van der Waals surface area contributed by atoms with Crippen LogP contribution in [0.4, 0.5) is 0 Å². The van der Waals surface area contributed by atoms with E-state index in [0.717, 1.165) is 16.9 Å². The van der Waals surface area contributed by atoms with E-state index in [-0.39, 0.29) is 5.97 Å². The number of hydrogen-bond donors (Lipinski definition) is 0. The second kappa shape index (κ2) is 6.75. The summed E-state index contributed by atoms with van der Waals surface area (Å²) in [5.41, 5.74) is 2.15. The monoisotopic (exact) mass is 270 g/mol. The molecule has 2 rings (SSSR count). The Hall–Kier alpha value is -2.29. The van der Waals surface area contributed by atoms with Gasteiger partial charge in [0.2, 0.25) is 0 Å².